The molecule has 1 aliphatic heterocycles. The number of fused-ring (bicyclic) bond motifs is 1. The van der Waals surface area contributed by atoms with Gasteiger partial charge in [0.25, 0.3) is 0 Å². The lowest BCUT2D eigenvalue weighted by molar-refractivity contribution is 0.620. The first-order valence-corrected chi connectivity index (χ1v) is 8.55. The van der Waals surface area contributed by atoms with Crippen LogP contribution in [0.25, 0.3) is 0 Å². The normalized spacial score (nSPS) is 14.8. The maximum atomic E-state index is 4.77. The highest BCUT2D eigenvalue weighted by Gasteiger charge is 2.21. The summed E-state index contributed by atoms with van der Waals surface area (Å²) in [5, 5.41) is 7.02. The van der Waals surface area contributed by atoms with Crippen molar-refractivity contribution in [2.24, 2.45) is 0 Å². The highest BCUT2D eigenvalue weighted by molar-refractivity contribution is 5.53. The lowest BCUT2D eigenvalue weighted by Gasteiger charge is -2.25. The molecule has 24 heavy (non-hydrogen) atoms. The quantitative estimate of drug-likeness (QED) is 0.880. The number of aryl methyl sites for hydroxylation is 1. The van der Waals surface area contributed by atoms with Crippen LogP contribution < -0.4 is 15.5 Å². The van der Waals surface area contributed by atoms with Crippen LogP contribution >= 0.6 is 0 Å². The standard InChI is InChI=1S/C18H26N6/c1-5-14(15-10-12(2)6-9-20-15)21-17-13-7-8-19-11-16(13)22-18(23-17)24(3)4/h6,9-10,14,19H,5,7-8,11H2,1-4H3,(H,21,22,23)/t14-/m1/s1. The Kier molecular flexibility index (Phi) is 4.94. The van der Waals surface area contributed by atoms with Crippen LogP contribution in [0.2, 0.25) is 0 Å². The molecule has 0 spiro atoms. The summed E-state index contributed by atoms with van der Waals surface area (Å²) in [5.74, 6) is 1.69. The SMILES string of the molecule is CC[C@@H](Nc1nc(N(C)C)nc2c1CCNC2)c1cc(C)ccn1. The van der Waals surface area contributed by atoms with Crippen LogP contribution in [0, 0.1) is 6.92 Å². The first-order valence-electron chi connectivity index (χ1n) is 8.55. The number of nitrogens with one attached hydrogen (secondary N) is 2. The second kappa shape index (κ2) is 7.13. The number of hydrogen-bond donors (Lipinski definition) is 2. The molecule has 0 amide bonds. The third kappa shape index (κ3) is 3.48. The molecule has 3 rings (SSSR count). The summed E-state index contributed by atoms with van der Waals surface area (Å²) in [6, 6.07) is 4.32. The van der Waals surface area contributed by atoms with E-state index < -0.39 is 0 Å². The van der Waals surface area contributed by atoms with Crippen molar-refractivity contribution in [2.75, 3.05) is 30.9 Å². The van der Waals surface area contributed by atoms with Crippen LogP contribution in [0.15, 0.2) is 18.3 Å². The van der Waals surface area contributed by atoms with Gasteiger partial charge in [0.15, 0.2) is 0 Å². The molecule has 2 aromatic rings. The van der Waals surface area contributed by atoms with Crippen LogP contribution in [-0.4, -0.2) is 35.6 Å². The summed E-state index contributed by atoms with van der Waals surface area (Å²) in [5.41, 5.74) is 4.60. The molecule has 3 heterocycles. The molecular formula is C18H26N6. The van der Waals surface area contributed by atoms with E-state index in [1.165, 1.54) is 11.1 Å². The fourth-order valence-electron chi connectivity index (χ4n) is 2.97. The molecule has 0 bridgehead atoms. The molecule has 0 aromatic carbocycles. The van der Waals surface area contributed by atoms with E-state index in [1.807, 2.05) is 31.3 Å². The molecule has 6 nitrogen and oxygen atoms in total. The van der Waals surface area contributed by atoms with Crippen molar-refractivity contribution >= 4 is 11.8 Å². The van der Waals surface area contributed by atoms with Gasteiger partial charge in [0.1, 0.15) is 5.82 Å². The minimum atomic E-state index is 0.147. The Morgan fingerprint density at radius 2 is 2.17 bits per heavy atom. The number of anilines is 2. The van der Waals surface area contributed by atoms with Gasteiger partial charge in [0, 0.05) is 32.4 Å². The highest BCUT2D eigenvalue weighted by Crippen LogP contribution is 2.27. The van der Waals surface area contributed by atoms with Crippen molar-refractivity contribution in [3.63, 3.8) is 0 Å². The van der Waals surface area contributed by atoms with Crippen molar-refractivity contribution in [3.05, 3.63) is 40.8 Å². The molecule has 0 fully saturated rings. The summed E-state index contributed by atoms with van der Waals surface area (Å²) in [7, 11) is 3.95. The van der Waals surface area contributed by atoms with Crippen LogP contribution in [0.4, 0.5) is 11.8 Å². The molecule has 0 saturated carbocycles. The second-order valence-corrected chi connectivity index (χ2v) is 6.48. The van der Waals surface area contributed by atoms with Crippen molar-refractivity contribution in [1.29, 1.82) is 0 Å². The summed E-state index contributed by atoms with van der Waals surface area (Å²) < 4.78 is 0. The molecule has 6 heteroatoms. The predicted molar refractivity (Wildman–Crippen MR) is 97.4 cm³/mol. The first-order chi connectivity index (χ1) is 11.6. The molecule has 0 saturated heterocycles. The molecule has 1 atom stereocenters. The van der Waals surface area contributed by atoms with Crippen LogP contribution in [-0.2, 0) is 13.0 Å². The minimum absolute atomic E-state index is 0.147. The fraction of sp³-hybridized carbons (Fsp3) is 0.500. The molecular weight excluding hydrogens is 300 g/mol. The number of nitrogens with zero attached hydrogens (tertiary/aromatic N) is 4. The molecule has 128 valence electrons. The van der Waals surface area contributed by atoms with Crippen LogP contribution in [0.3, 0.4) is 0 Å². The summed E-state index contributed by atoms with van der Waals surface area (Å²) >= 11 is 0. The van der Waals surface area contributed by atoms with Gasteiger partial charge in [-0.15, -0.1) is 0 Å². The third-order valence-corrected chi connectivity index (χ3v) is 4.34. The third-order valence-electron chi connectivity index (χ3n) is 4.34. The lowest BCUT2D eigenvalue weighted by atomic mass is 10.0. The number of aromatic nitrogens is 3. The Morgan fingerprint density at radius 3 is 2.88 bits per heavy atom. The molecule has 1 aliphatic rings. The Bertz CT molecular complexity index is 713. The van der Waals surface area contributed by atoms with Crippen molar-refractivity contribution in [3.8, 4) is 0 Å². The van der Waals surface area contributed by atoms with E-state index >= 15 is 0 Å². The Hall–Kier alpha value is -2.21. The first kappa shape index (κ1) is 16.6. The fourth-order valence-corrected chi connectivity index (χ4v) is 2.97. The van der Waals surface area contributed by atoms with E-state index in [9.17, 15) is 0 Å². The largest absolute Gasteiger partial charge is 0.361 e. The molecule has 0 radical (unpaired) electrons. The smallest absolute Gasteiger partial charge is 0.227 e. The van der Waals surface area contributed by atoms with E-state index in [4.69, 9.17) is 9.97 Å². The average molecular weight is 326 g/mol. The van der Waals surface area contributed by atoms with Gasteiger partial charge in [-0.25, -0.2) is 4.98 Å². The molecule has 0 unspecified atom stereocenters. The van der Waals surface area contributed by atoms with Crippen LogP contribution in [0.5, 0.6) is 0 Å². The van der Waals surface area contributed by atoms with Gasteiger partial charge in [-0.3, -0.25) is 4.98 Å². The maximum Gasteiger partial charge on any atom is 0.227 e. The van der Waals surface area contributed by atoms with Gasteiger partial charge in [-0.2, -0.15) is 4.98 Å². The van der Waals surface area contributed by atoms with Gasteiger partial charge in [-0.1, -0.05) is 6.92 Å². The van der Waals surface area contributed by atoms with E-state index in [-0.39, 0.29) is 6.04 Å². The van der Waals surface area contributed by atoms with Crippen molar-refractivity contribution < 1.29 is 0 Å². The Balaban J connectivity index is 1.96. The van der Waals surface area contributed by atoms with Gasteiger partial charge in [-0.05, 0) is 44.0 Å². The van der Waals surface area contributed by atoms with Crippen molar-refractivity contribution in [1.82, 2.24) is 20.3 Å². The topological polar surface area (TPSA) is 66.0 Å². The second-order valence-electron chi connectivity index (χ2n) is 6.48. The number of hydrogen-bond acceptors (Lipinski definition) is 6. The summed E-state index contributed by atoms with van der Waals surface area (Å²) in [6.45, 7) is 6.03. The summed E-state index contributed by atoms with van der Waals surface area (Å²) in [4.78, 5) is 16.0. The molecule has 2 aromatic heterocycles. The summed E-state index contributed by atoms with van der Waals surface area (Å²) in [6.07, 6.45) is 3.77. The monoisotopic (exact) mass is 326 g/mol. The Labute approximate surface area is 143 Å². The number of rotatable bonds is 5. The van der Waals surface area contributed by atoms with E-state index in [2.05, 4.69) is 35.5 Å². The maximum absolute atomic E-state index is 4.77. The van der Waals surface area contributed by atoms with Crippen LogP contribution in [0.1, 0.15) is 41.9 Å². The number of pyridine rings is 1. The average Bonchev–Trinajstić information content (AvgIpc) is 2.59. The van der Waals surface area contributed by atoms with E-state index in [1.54, 1.807) is 0 Å². The molecule has 2 N–H and O–H groups in total. The van der Waals surface area contributed by atoms with Gasteiger partial charge in [0.2, 0.25) is 5.95 Å². The van der Waals surface area contributed by atoms with Gasteiger partial charge in [0.05, 0.1) is 17.4 Å². The minimum Gasteiger partial charge on any atom is -0.361 e. The Morgan fingerprint density at radius 1 is 1.33 bits per heavy atom. The van der Waals surface area contributed by atoms with Crippen molar-refractivity contribution in [2.45, 2.75) is 39.3 Å². The van der Waals surface area contributed by atoms with E-state index in [0.717, 1.165) is 49.1 Å². The lowest BCUT2D eigenvalue weighted by Crippen LogP contribution is -2.28. The predicted octanol–water partition coefficient (Wildman–Crippen LogP) is 2.45. The van der Waals surface area contributed by atoms with Gasteiger partial charge < -0.3 is 15.5 Å². The zero-order valence-electron chi connectivity index (χ0n) is 14.9. The zero-order chi connectivity index (χ0) is 17.1. The van der Waals surface area contributed by atoms with Gasteiger partial charge >= 0.3 is 0 Å². The van der Waals surface area contributed by atoms with E-state index in [0.29, 0.717) is 0 Å². The molecule has 0 aliphatic carbocycles. The highest BCUT2D eigenvalue weighted by atomic mass is 15.2. The zero-order valence-corrected chi connectivity index (χ0v) is 14.9.